The number of nitrogens with one attached hydrogen (secondary N) is 2. The van der Waals surface area contributed by atoms with Gasteiger partial charge in [-0.15, -0.1) is 0 Å². The molecular formula is C19H19N5OS. The number of H-pyrrole nitrogens is 1. The van der Waals surface area contributed by atoms with Gasteiger partial charge in [0.15, 0.2) is 0 Å². The SMILES string of the molecule is O=c1[nH]c(C2(c3cncc(-c4cnsc4)c3)CC2)nc2c1CNCCC2. The van der Waals surface area contributed by atoms with E-state index in [4.69, 9.17) is 4.98 Å². The normalized spacial score (nSPS) is 18.2. The van der Waals surface area contributed by atoms with Crippen molar-refractivity contribution in [1.29, 1.82) is 0 Å². The molecular weight excluding hydrogens is 346 g/mol. The molecule has 1 saturated carbocycles. The Bertz CT molecular complexity index is 1010. The van der Waals surface area contributed by atoms with Crippen molar-refractivity contribution in [3.63, 3.8) is 0 Å². The maximum atomic E-state index is 12.6. The van der Waals surface area contributed by atoms with Crippen molar-refractivity contribution < 1.29 is 0 Å². The highest BCUT2D eigenvalue weighted by Crippen LogP contribution is 2.52. The standard InChI is InChI=1S/C19H19N5OS/c25-17-15-10-20-5-1-2-16(15)23-18(24-17)19(3-4-19)14-6-12(7-21-9-14)13-8-22-26-11-13/h6-9,11,20H,1-5,10H2,(H,23,24,25). The second-order valence-corrected chi connectivity index (χ2v) is 7.73. The lowest BCUT2D eigenvalue weighted by Gasteiger charge is -2.17. The Balaban J connectivity index is 1.58. The van der Waals surface area contributed by atoms with Gasteiger partial charge in [-0.3, -0.25) is 9.78 Å². The van der Waals surface area contributed by atoms with Crippen LogP contribution < -0.4 is 10.9 Å². The van der Waals surface area contributed by atoms with Gasteiger partial charge >= 0.3 is 0 Å². The smallest absolute Gasteiger partial charge is 0.255 e. The van der Waals surface area contributed by atoms with Crippen LogP contribution in [0.25, 0.3) is 11.1 Å². The van der Waals surface area contributed by atoms with E-state index in [1.165, 1.54) is 11.5 Å². The lowest BCUT2D eigenvalue weighted by Crippen LogP contribution is -2.26. The first-order valence-electron chi connectivity index (χ1n) is 8.95. The number of aryl methyl sites for hydroxylation is 1. The van der Waals surface area contributed by atoms with Crippen LogP contribution in [0.4, 0.5) is 0 Å². The van der Waals surface area contributed by atoms with Gasteiger partial charge in [0.25, 0.3) is 5.56 Å². The summed E-state index contributed by atoms with van der Waals surface area (Å²) in [6.45, 7) is 1.53. The Morgan fingerprint density at radius 2 is 2.08 bits per heavy atom. The van der Waals surface area contributed by atoms with Crippen molar-refractivity contribution in [3.8, 4) is 11.1 Å². The van der Waals surface area contributed by atoms with Crippen LogP contribution in [0.1, 0.15) is 41.9 Å². The van der Waals surface area contributed by atoms with E-state index in [2.05, 4.69) is 25.7 Å². The molecule has 1 aliphatic carbocycles. The highest BCUT2D eigenvalue weighted by molar-refractivity contribution is 7.03. The van der Waals surface area contributed by atoms with E-state index in [1.54, 1.807) is 0 Å². The minimum Gasteiger partial charge on any atom is -0.312 e. The molecule has 0 atom stereocenters. The van der Waals surface area contributed by atoms with Crippen LogP contribution in [0.2, 0.25) is 0 Å². The number of fused-ring (bicyclic) bond motifs is 1. The monoisotopic (exact) mass is 365 g/mol. The largest absolute Gasteiger partial charge is 0.312 e. The summed E-state index contributed by atoms with van der Waals surface area (Å²) >= 11 is 1.44. The first kappa shape index (κ1) is 15.8. The number of pyridine rings is 1. The fourth-order valence-corrected chi connectivity index (χ4v) is 4.29. The van der Waals surface area contributed by atoms with Crippen LogP contribution in [0.15, 0.2) is 34.8 Å². The summed E-state index contributed by atoms with van der Waals surface area (Å²) in [6.07, 6.45) is 9.47. The molecule has 3 aromatic rings. The molecule has 1 fully saturated rings. The zero-order chi connectivity index (χ0) is 17.6. The van der Waals surface area contributed by atoms with Crippen molar-refractivity contribution in [1.82, 2.24) is 24.6 Å². The summed E-state index contributed by atoms with van der Waals surface area (Å²) in [4.78, 5) is 25.1. The summed E-state index contributed by atoms with van der Waals surface area (Å²) in [7, 11) is 0. The molecule has 0 unspecified atom stereocenters. The van der Waals surface area contributed by atoms with Gasteiger partial charge in [0.2, 0.25) is 0 Å². The van der Waals surface area contributed by atoms with Crippen molar-refractivity contribution >= 4 is 11.5 Å². The topological polar surface area (TPSA) is 83.6 Å². The molecule has 1 aliphatic heterocycles. The fraction of sp³-hybridized carbons (Fsp3) is 0.368. The van der Waals surface area contributed by atoms with Crippen LogP contribution >= 0.6 is 11.5 Å². The van der Waals surface area contributed by atoms with Crippen molar-refractivity contribution in [2.24, 2.45) is 0 Å². The molecule has 0 saturated heterocycles. The van der Waals surface area contributed by atoms with Gasteiger partial charge in [0.05, 0.1) is 16.7 Å². The molecule has 7 heteroatoms. The van der Waals surface area contributed by atoms with Gasteiger partial charge in [-0.1, -0.05) is 0 Å². The van der Waals surface area contributed by atoms with Gasteiger partial charge in [0.1, 0.15) is 5.82 Å². The van der Waals surface area contributed by atoms with Gasteiger partial charge < -0.3 is 10.3 Å². The van der Waals surface area contributed by atoms with Crippen molar-refractivity contribution in [2.45, 2.75) is 37.6 Å². The van der Waals surface area contributed by atoms with Crippen LogP contribution in [0, 0.1) is 0 Å². The van der Waals surface area contributed by atoms with Crippen molar-refractivity contribution in [2.75, 3.05) is 6.54 Å². The lowest BCUT2D eigenvalue weighted by molar-refractivity contribution is 0.678. The van der Waals surface area contributed by atoms with Gasteiger partial charge in [0, 0.05) is 41.6 Å². The summed E-state index contributed by atoms with van der Waals surface area (Å²) in [6, 6.07) is 2.16. The third kappa shape index (κ3) is 2.59. The number of aromatic amines is 1. The summed E-state index contributed by atoms with van der Waals surface area (Å²) in [5.74, 6) is 0.797. The van der Waals surface area contributed by atoms with Crippen LogP contribution in [0.3, 0.4) is 0 Å². The van der Waals surface area contributed by atoms with E-state index >= 15 is 0 Å². The third-order valence-corrected chi connectivity index (χ3v) is 6.02. The van der Waals surface area contributed by atoms with E-state index in [9.17, 15) is 4.79 Å². The predicted molar refractivity (Wildman–Crippen MR) is 100 cm³/mol. The molecule has 2 N–H and O–H groups in total. The zero-order valence-corrected chi connectivity index (χ0v) is 15.1. The van der Waals surface area contributed by atoms with E-state index in [-0.39, 0.29) is 11.0 Å². The molecule has 132 valence electrons. The molecule has 3 aromatic heterocycles. The molecule has 4 heterocycles. The first-order valence-corrected chi connectivity index (χ1v) is 9.78. The fourth-order valence-electron chi connectivity index (χ4n) is 3.75. The number of hydrogen-bond donors (Lipinski definition) is 2. The Kier molecular flexibility index (Phi) is 3.72. The average Bonchev–Trinajstić information content (AvgIpc) is 3.36. The molecule has 0 bridgehead atoms. The van der Waals surface area contributed by atoms with Crippen LogP contribution in [0.5, 0.6) is 0 Å². The van der Waals surface area contributed by atoms with Gasteiger partial charge in [-0.05, 0) is 55.4 Å². The third-order valence-electron chi connectivity index (χ3n) is 5.43. The highest BCUT2D eigenvalue weighted by Gasteiger charge is 2.49. The number of aromatic nitrogens is 4. The van der Waals surface area contributed by atoms with E-state index < -0.39 is 0 Å². The first-order chi connectivity index (χ1) is 12.8. The predicted octanol–water partition coefficient (Wildman–Crippen LogP) is 2.40. The molecule has 2 aliphatic rings. The maximum Gasteiger partial charge on any atom is 0.255 e. The summed E-state index contributed by atoms with van der Waals surface area (Å²) < 4.78 is 4.18. The summed E-state index contributed by atoms with van der Waals surface area (Å²) in [5, 5.41) is 5.32. The zero-order valence-electron chi connectivity index (χ0n) is 14.3. The highest BCUT2D eigenvalue weighted by atomic mass is 32.1. The minimum absolute atomic E-state index is 0.00294. The summed E-state index contributed by atoms with van der Waals surface area (Å²) in [5.41, 5.74) is 4.79. The van der Waals surface area contributed by atoms with Crippen molar-refractivity contribution in [3.05, 3.63) is 63.0 Å². The molecule has 6 nitrogen and oxygen atoms in total. The minimum atomic E-state index is -0.208. The van der Waals surface area contributed by atoms with Crippen LogP contribution in [-0.2, 0) is 18.4 Å². The second kappa shape index (κ2) is 6.10. The molecule has 5 rings (SSSR count). The number of rotatable bonds is 3. The Labute approximate surface area is 154 Å². The quantitative estimate of drug-likeness (QED) is 0.745. The second-order valence-electron chi connectivity index (χ2n) is 7.08. The Hall–Kier alpha value is -2.38. The Morgan fingerprint density at radius 3 is 2.88 bits per heavy atom. The molecule has 0 spiro atoms. The van der Waals surface area contributed by atoms with E-state index in [0.29, 0.717) is 6.54 Å². The average molecular weight is 365 g/mol. The number of nitrogens with zero attached hydrogens (tertiary/aromatic N) is 3. The molecule has 26 heavy (non-hydrogen) atoms. The maximum absolute atomic E-state index is 12.6. The van der Waals surface area contributed by atoms with Crippen LogP contribution in [-0.4, -0.2) is 25.9 Å². The Morgan fingerprint density at radius 1 is 1.15 bits per heavy atom. The van der Waals surface area contributed by atoms with E-state index in [1.807, 2.05) is 24.0 Å². The van der Waals surface area contributed by atoms with Gasteiger partial charge in [-0.25, -0.2) is 9.36 Å². The molecule has 0 aromatic carbocycles. The lowest BCUT2D eigenvalue weighted by atomic mass is 9.94. The molecule has 0 amide bonds. The molecule has 0 radical (unpaired) electrons. The van der Waals surface area contributed by atoms with E-state index in [0.717, 1.165) is 66.0 Å². The van der Waals surface area contributed by atoms with Gasteiger partial charge in [-0.2, -0.15) is 0 Å². The number of hydrogen-bond acceptors (Lipinski definition) is 6.